The van der Waals surface area contributed by atoms with E-state index >= 15 is 0 Å². The normalized spacial score (nSPS) is 20.4. The number of carbonyl (C=O) groups is 1. The Bertz CT molecular complexity index is 415. The van der Waals surface area contributed by atoms with Gasteiger partial charge < -0.3 is 5.32 Å². The summed E-state index contributed by atoms with van der Waals surface area (Å²) < 4.78 is 1.85. The van der Waals surface area contributed by atoms with Crippen molar-refractivity contribution in [1.82, 2.24) is 20.0 Å². The van der Waals surface area contributed by atoms with E-state index in [4.69, 9.17) is 0 Å². The number of piperidine rings is 1. The number of nitrogens with one attached hydrogen (secondary N) is 1. The van der Waals surface area contributed by atoms with E-state index in [1.807, 2.05) is 17.9 Å². The number of hydrogen-bond donors (Lipinski definition) is 1. The van der Waals surface area contributed by atoms with Crippen molar-refractivity contribution in [2.75, 3.05) is 19.6 Å². The van der Waals surface area contributed by atoms with Crippen LogP contribution in [0, 0.1) is 5.92 Å². The molecular formula is C14H24N4O. The van der Waals surface area contributed by atoms with Crippen LogP contribution in [0.2, 0.25) is 0 Å². The second kappa shape index (κ2) is 6.70. The van der Waals surface area contributed by atoms with Gasteiger partial charge in [0.2, 0.25) is 5.91 Å². The second-order valence-electron chi connectivity index (χ2n) is 5.54. The Morgan fingerprint density at radius 3 is 3.11 bits per heavy atom. The van der Waals surface area contributed by atoms with Crippen molar-refractivity contribution < 1.29 is 4.79 Å². The van der Waals surface area contributed by atoms with Crippen LogP contribution in [0.3, 0.4) is 0 Å². The quantitative estimate of drug-likeness (QED) is 0.868. The molecule has 19 heavy (non-hydrogen) atoms. The number of aromatic nitrogens is 2. The van der Waals surface area contributed by atoms with Gasteiger partial charge in [0.15, 0.2) is 0 Å². The lowest BCUT2D eigenvalue weighted by Crippen LogP contribution is -2.36. The van der Waals surface area contributed by atoms with E-state index in [1.165, 1.54) is 24.9 Å². The van der Waals surface area contributed by atoms with Crippen LogP contribution in [0.5, 0.6) is 0 Å². The fourth-order valence-electron chi connectivity index (χ4n) is 2.79. The third-order valence-corrected chi connectivity index (χ3v) is 3.69. The predicted molar refractivity (Wildman–Crippen MR) is 74.5 cm³/mol. The topological polar surface area (TPSA) is 50.2 Å². The van der Waals surface area contributed by atoms with Crippen molar-refractivity contribution in [2.45, 2.75) is 32.7 Å². The molecule has 1 fully saturated rings. The molecule has 0 unspecified atom stereocenters. The number of aryl methyl sites for hydroxylation is 1. The molecule has 5 nitrogen and oxygen atoms in total. The van der Waals surface area contributed by atoms with Crippen LogP contribution < -0.4 is 5.32 Å². The molecule has 2 rings (SSSR count). The Hall–Kier alpha value is -1.36. The van der Waals surface area contributed by atoms with Crippen molar-refractivity contribution >= 4 is 5.91 Å². The smallest absolute Gasteiger partial charge is 0.216 e. The molecule has 1 amide bonds. The molecule has 1 aromatic heterocycles. The first-order chi connectivity index (χ1) is 9.13. The highest BCUT2D eigenvalue weighted by Gasteiger charge is 2.19. The lowest BCUT2D eigenvalue weighted by Gasteiger charge is -2.32. The molecule has 5 heteroatoms. The molecule has 1 aliphatic rings. The molecule has 0 radical (unpaired) electrons. The molecule has 0 bridgehead atoms. The van der Waals surface area contributed by atoms with E-state index in [1.54, 1.807) is 6.92 Å². The summed E-state index contributed by atoms with van der Waals surface area (Å²) in [6.07, 6.45) is 7.65. The molecule has 1 aliphatic heterocycles. The van der Waals surface area contributed by atoms with Crippen LogP contribution in [0.15, 0.2) is 12.4 Å². The third-order valence-electron chi connectivity index (χ3n) is 3.69. The highest BCUT2D eigenvalue weighted by molar-refractivity contribution is 5.72. The minimum Gasteiger partial charge on any atom is -0.356 e. The van der Waals surface area contributed by atoms with Gasteiger partial charge in [-0.2, -0.15) is 5.10 Å². The SMILES string of the molecule is CC(=O)NCC[C@@H]1CCCN(Cc2cnn(C)c2)C1. The summed E-state index contributed by atoms with van der Waals surface area (Å²) >= 11 is 0. The maximum absolute atomic E-state index is 10.9. The van der Waals surface area contributed by atoms with Gasteiger partial charge in [0.05, 0.1) is 6.20 Å². The summed E-state index contributed by atoms with van der Waals surface area (Å²) in [7, 11) is 1.95. The molecule has 0 aliphatic carbocycles. The van der Waals surface area contributed by atoms with Gasteiger partial charge in [0.25, 0.3) is 0 Å². The first-order valence-corrected chi connectivity index (χ1v) is 7.08. The van der Waals surface area contributed by atoms with Gasteiger partial charge in [-0.1, -0.05) is 0 Å². The van der Waals surface area contributed by atoms with Crippen molar-refractivity contribution in [3.8, 4) is 0 Å². The van der Waals surface area contributed by atoms with Crippen LogP contribution in [0.25, 0.3) is 0 Å². The number of carbonyl (C=O) groups excluding carboxylic acids is 1. The zero-order chi connectivity index (χ0) is 13.7. The lowest BCUT2D eigenvalue weighted by molar-refractivity contribution is -0.119. The maximum Gasteiger partial charge on any atom is 0.216 e. The summed E-state index contributed by atoms with van der Waals surface area (Å²) in [4.78, 5) is 13.4. The molecule has 1 atom stereocenters. The van der Waals surface area contributed by atoms with E-state index in [-0.39, 0.29) is 5.91 Å². The highest BCUT2D eigenvalue weighted by atomic mass is 16.1. The van der Waals surface area contributed by atoms with Crippen LogP contribution in [0.4, 0.5) is 0 Å². The molecular weight excluding hydrogens is 240 g/mol. The second-order valence-corrected chi connectivity index (χ2v) is 5.54. The van der Waals surface area contributed by atoms with Crippen molar-refractivity contribution in [2.24, 2.45) is 13.0 Å². The van der Waals surface area contributed by atoms with Gasteiger partial charge in [-0.05, 0) is 31.7 Å². The molecule has 2 heterocycles. The van der Waals surface area contributed by atoms with E-state index < -0.39 is 0 Å². The van der Waals surface area contributed by atoms with Gasteiger partial charge >= 0.3 is 0 Å². The zero-order valence-corrected chi connectivity index (χ0v) is 11.9. The number of rotatable bonds is 5. The van der Waals surface area contributed by atoms with E-state index in [0.29, 0.717) is 5.92 Å². The largest absolute Gasteiger partial charge is 0.356 e. The lowest BCUT2D eigenvalue weighted by atomic mass is 9.94. The van der Waals surface area contributed by atoms with Crippen LogP contribution in [-0.4, -0.2) is 40.2 Å². The molecule has 106 valence electrons. The average Bonchev–Trinajstić information content (AvgIpc) is 2.75. The van der Waals surface area contributed by atoms with E-state index in [9.17, 15) is 4.79 Å². The number of amides is 1. The van der Waals surface area contributed by atoms with Crippen molar-refractivity contribution in [3.63, 3.8) is 0 Å². The Morgan fingerprint density at radius 2 is 2.42 bits per heavy atom. The van der Waals surface area contributed by atoms with Crippen LogP contribution >= 0.6 is 0 Å². The zero-order valence-electron chi connectivity index (χ0n) is 11.9. The van der Waals surface area contributed by atoms with Gasteiger partial charge in [0, 0.05) is 45.4 Å². The standard InChI is InChI=1S/C14H24N4O/c1-12(19)15-6-5-13-4-3-7-18(10-13)11-14-8-16-17(2)9-14/h8-9,13H,3-7,10-11H2,1-2H3,(H,15,19)/t13-/m0/s1. The summed E-state index contributed by atoms with van der Waals surface area (Å²) in [6, 6.07) is 0. The fourth-order valence-corrected chi connectivity index (χ4v) is 2.79. The summed E-state index contributed by atoms with van der Waals surface area (Å²) in [5.41, 5.74) is 1.28. The Labute approximate surface area is 115 Å². The minimum atomic E-state index is 0.0722. The van der Waals surface area contributed by atoms with Crippen LogP contribution in [0.1, 0.15) is 31.7 Å². The van der Waals surface area contributed by atoms with E-state index in [0.717, 1.165) is 26.1 Å². The van der Waals surface area contributed by atoms with Gasteiger partial charge in [-0.15, -0.1) is 0 Å². The first kappa shape index (κ1) is 14.1. The van der Waals surface area contributed by atoms with E-state index in [2.05, 4.69) is 21.5 Å². The predicted octanol–water partition coefficient (Wildman–Crippen LogP) is 1.16. The minimum absolute atomic E-state index is 0.0722. The van der Waals surface area contributed by atoms with Gasteiger partial charge in [-0.3, -0.25) is 14.4 Å². The molecule has 1 saturated heterocycles. The monoisotopic (exact) mass is 264 g/mol. The summed E-state index contributed by atoms with van der Waals surface area (Å²) in [6.45, 7) is 5.68. The molecule has 0 spiro atoms. The first-order valence-electron chi connectivity index (χ1n) is 7.08. The molecule has 1 N–H and O–H groups in total. The summed E-state index contributed by atoms with van der Waals surface area (Å²) in [5.74, 6) is 0.778. The Morgan fingerprint density at radius 1 is 1.58 bits per heavy atom. The Balaban J connectivity index is 1.75. The molecule has 1 aromatic rings. The van der Waals surface area contributed by atoms with Crippen LogP contribution in [-0.2, 0) is 18.4 Å². The number of nitrogens with zero attached hydrogens (tertiary/aromatic N) is 3. The van der Waals surface area contributed by atoms with Gasteiger partial charge in [-0.25, -0.2) is 0 Å². The molecule has 0 aromatic carbocycles. The summed E-state index contributed by atoms with van der Waals surface area (Å²) in [5, 5.41) is 7.10. The van der Waals surface area contributed by atoms with Crippen molar-refractivity contribution in [3.05, 3.63) is 18.0 Å². The third kappa shape index (κ3) is 4.67. The average molecular weight is 264 g/mol. The highest BCUT2D eigenvalue weighted by Crippen LogP contribution is 2.20. The number of hydrogen-bond acceptors (Lipinski definition) is 3. The maximum atomic E-state index is 10.9. The van der Waals surface area contributed by atoms with Crippen molar-refractivity contribution in [1.29, 1.82) is 0 Å². The fraction of sp³-hybridized carbons (Fsp3) is 0.714. The number of likely N-dealkylation sites (tertiary alicyclic amines) is 1. The Kier molecular flexibility index (Phi) is 4.96. The molecule has 0 saturated carbocycles. The van der Waals surface area contributed by atoms with Gasteiger partial charge in [0.1, 0.15) is 0 Å².